The van der Waals surface area contributed by atoms with E-state index in [0.717, 1.165) is 5.56 Å². The van der Waals surface area contributed by atoms with Gasteiger partial charge in [-0.05, 0) is 31.5 Å². The molecule has 0 aromatic heterocycles. The van der Waals surface area contributed by atoms with Gasteiger partial charge < -0.3 is 24.7 Å². The van der Waals surface area contributed by atoms with Crippen LogP contribution in [0.3, 0.4) is 0 Å². The second kappa shape index (κ2) is 5.34. The number of benzene rings is 1. The molecule has 0 radical (unpaired) electrons. The number of ether oxygens (including phenoxy) is 4. The minimum absolute atomic E-state index is 0.0612. The maximum Gasteiger partial charge on any atom is 0.293 e. The Hall–Kier alpha value is -2.81. The Morgan fingerprint density at radius 2 is 1.88 bits per heavy atom. The summed E-state index contributed by atoms with van der Waals surface area (Å²) >= 11 is 0. The summed E-state index contributed by atoms with van der Waals surface area (Å²) in [4.78, 5) is 4.31. The van der Waals surface area contributed by atoms with Crippen LogP contribution in [0.2, 0.25) is 0 Å². The van der Waals surface area contributed by atoms with Gasteiger partial charge in [0.1, 0.15) is 11.3 Å². The van der Waals surface area contributed by atoms with Gasteiger partial charge in [0.2, 0.25) is 6.79 Å². The average Bonchev–Trinajstić information content (AvgIpc) is 2.88. The van der Waals surface area contributed by atoms with Crippen LogP contribution >= 0.6 is 0 Å². The molecule has 1 aromatic carbocycles. The first-order chi connectivity index (χ1) is 12.6. The van der Waals surface area contributed by atoms with E-state index in [1.54, 1.807) is 26.0 Å². The van der Waals surface area contributed by atoms with E-state index in [-0.39, 0.29) is 25.8 Å². The van der Waals surface area contributed by atoms with Gasteiger partial charge >= 0.3 is 0 Å². The van der Waals surface area contributed by atoms with Gasteiger partial charge in [-0.15, -0.1) is 0 Å². The van der Waals surface area contributed by atoms with E-state index in [0.29, 0.717) is 11.5 Å². The molecule has 2 N–H and O–H groups in total. The molecule has 1 saturated carbocycles. The van der Waals surface area contributed by atoms with Crippen molar-refractivity contribution in [2.45, 2.75) is 25.7 Å². The highest BCUT2D eigenvalue weighted by molar-refractivity contribution is 6.00. The highest BCUT2D eigenvalue weighted by atomic mass is 16.7. The third-order valence-electron chi connectivity index (χ3n) is 5.34. The summed E-state index contributed by atoms with van der Waals surface area (Å²) in [5.41, 5.74) is 4.23. The fraction of sp³-hybridized carbons (Fsp3) is 0.500. The second-order valence-electron chi connectivity index (χ2n) is 6.33. The Bertz CT molecular complexity index is 880. The van der Waals surface area contributed by atoms with Gasteiger partial charge in [0, 0.05) is 19.1 Å². The first kappa shape index (κ1) is 16.6. The van der Waals surface area contributed by atoms with Gasteiger partial charge in [-0.3, -0.25) is 0 Å². The highest BCUT2D eigenvalue weighted by Gasteiger charge is 2.93. The predicted molar refractivity (Wildman–Crippen MR) is 89.0 cm³/mol. The molecule has 0 unspecified atom stereocenters. The van der Waals surface area contributed by atoms with E-state index in [1.165, 1.54) is 0 Å². The third kappa shape index (κ3) is 1.61. The SMILES string of the molecule is CCOC1(OCC)N=C(N)[C@@]2(C#N)[C@@H](c3ccc4c(c3)OCO4)[C@@]12C#N. The molecule has 3 aliphatic rings. The third-order valence-corrected chi connectivity index (χ3v) is 5.34. The number of rotatable bonds is 5. The lowest BCUT2D eigenvalue weighted by atomic mass is 9.93. The Morgan fingerprint density at radius 3 is 2.50 bits per heavy atom. The van der Waals surface area contributed by atoms with Crippen LogP contribution in [-0.2, 0) is 9.47 Å². The number of hydrogen-bond acceptors (Lipinski definition) is 8. The van der Waals surface area contributed by atoms with Crippen molar-refractivity contribution in [1.82, 2.24) is 0 Å². The molecule has 8 nitrogen and oxygen atoms in total. The van der Waals surface area contributed by atoms with E-state index < -0.39 is 22.7 Å². The van der Waals surface area contributed by atoms with Gasteiger partial charge in [-0.2, -0.15) is 10.5 Å². The molecule has 3 atom stereocenters. The highest BCUT2D eigenvalue weighted by Crippen LogP contribution is 2.82. The van der Waals surface area contributed by atoms with Crippen LogP contribution in [0.15, 0.2) is 23.2 Å². The summed E-state index contributed by atoms with van der Waals surface area (Å²) in [7, 11) is 0. The molecule has 8 heteroatoms. The number of nitrogens with zero attached hydrogens (tertiary/aromatic N) is 3. The summed E-state index contributed by atoms with van der Waals surface area (Å²) in [6.07, 6.45) is 0. The van der Waals surface area contributed by atoms with Crippen LogP contribution in [-0.4, -0.2) is 31.8 Å². The molecular formula is C18H18N4O4. The van der Waals surface area contributed by atoms with Crippen molar-refractivity contribution >= 4 is 5.84 Å². The predicted octanol–water partition coefficient (Wildman–Crippen LogP) is 1.63. The number of nitriles is 2. The van der Waals surface area contributed by atoms with Crippen molar-refractivity contribution in [1.29, 1.82) is 10.5 Å². The van der Waals surface area contributed by atoms with Crippen LogP contribution in [0, 0.1) is 33.5 Å². The van der Waals surface area contributed by atoms with E-state index in [1.807, 2.05) is 6.07 Å². The molecule has 1 aliphatic carbocycles. The Morgan fingerprint density at radius 1 is 1.19 bits per heavy atom. The zero-order valence-electron chi connectivity index (χ0n) is 14.5. The second-order valence-corrected chi connectivity index (χ2v) is 6.33. The van der Waals surface area contributed by atoms with Gasteiger partial charge in [0.05, 0.1) is 12.1 Å². The number of fused-ring (bicyclic) bond motifs is 2. The lowest BCUT2D eigenvalue weighted by Gasteiger charge is -2.31. The van der Waals surface area contributed by atoms with Gasteiger partial charge in [0.25, 0.3) is 5.91 Å². The Kier molecular flexibility index (Phi) is 3.42. The fourth-order valence-corrected chi connectivity index (χ4v) is 4.34. The zero-order chi connectivity index (χ0) is 18.6. The van der Waals surface area contributed by atoms with Crippen LogP contribution in [0.25, 0.3) is 0 Å². The molecule has 134 valence electrons. The van der Waals surface area contributed by atoms with E-state index in [2.05, 4.69) is 17.1 Å². The van der Waals surface area contributed by atoms with Gasteiger partial charge in [0.15, 0.2) is 16.9 Å². The van der Waals surface area contributed by atoms with Crippen LogP contribution in [0.5, 0.6) is 11.5 Å². The van der Waals surface area contributed by atoms with Crippen molar-refractivity contribution in [2.75, 3.05) is 20.0 Å². The molecule has 4 rings (SSSR count). The summed E-state index contributed by atoms with van der Waals surface area (Å²) in [5, 5.41) is 20.1. The van der Waals surface area contributed by atoms with Crippen molar-refractivity contribution in [3.8, 4) is 23.6 Å². The van der Waals surface area contributed by atoms with E-state index in [9.17, 15) is 10.5 Å². The van der Waals surface area contributed by atoms with Gasteiger partial charge in [-0.25, -0.2) is 4.99 Å². The van der Waals surface area contributed by atoms with Crippen LogP contribution < -0.4 is 15.2 Å². The van der Waals surface area contributed by atoms with E-state index >= 15 is 0 Å². The molecule has 0 spiro atoms. The fourth-order valence-electron chi connectivity index (χ4n) is 4.34. The monoisotopic (exact) mass is 354 g/mol. The van der Waals surface area contributed by atoms with E-state index in [4.69, 9.17) is 24.7 Å². The molecule has 0 saturated heterocycles. The van der Waals surface area contributed by atoms with Crippen molar-refractivity contribution in [3.63, 3.8) is 0 Å². The minimum Gasteiger partial charge on any atom is -0.454 e. The quantitative estimate of drug-likeness (QED) is 0.797. The van der Waals surface area contributed by atoms with Crippen molar-refractivity contribution in [2.24, 2.45) is 21.6 Å². The van der Waals surface area contributed by atoms with Gasteiger partial charge in [-0.1, -0.05) is 6.07 Å². The number of aliphatic imine (C=N–C) groups is 1. The van der Waals surface area contributed by atoms with Crippen LogP contribution in [0.1, 0.15) is 25.3 Å². The number of nitrogens with two attached hydrogens (primary N) is 1. The summed E-state index contributed by atoms with van der Waals surface area (Å²) in [5.74, 6) is -0.894. The Balaban J connectivity index is 1.89. The normalized spacial score (nSPS) is 32.3. The largest absolute Gasteiger partial charge is 0.454 e. The maximum absolute atomic E-state index is 10.1. The van der Waals surface area contributed by atoms with Crippen molar-refractivity contribution < 1.29 is 18.9 Å². The molecule has 0 bridgehead atoms. The zero-order valence-corrected chi connectivity index (χ0v) is 14.5. The lowest BCUT2D eigenvalue weighted by Crippen LogP contribution is -2.43. The summed E-state index contributed by atoms with van der Waals surface area (Å²) < 4.78 is 22.4. The maximum atomic E-state index is 10.1. The summed E-state index contributed by atoms with van der Waals surface area (Å²) in [6, 6.07) is 9.86. The average molecular weight is 354 g/mol. The topological polar surface area (TPSA) is 123 Å². The molecular weight excluding hydrogens is 336 g/mol. The summed E-state index contributed by atoms with van der Waals surface area (Å²) in [6.45, 7) is 4.22. The molecule has 0 amide bonds. The standard InChI is InChI=1S/C18H18N4O4/c1-3-25-18(26-4-2)17(9-20)14(16(17,8-19)15(21)22-18)11-5-6-12-13(7-11)24-10-23-12/h5-7,14H,3-4,10H2,1-2H3,(H2,21,22)/t14-,16-,17-/m1/s1. The minimum atomic E-state index is -1.61. The van der Waals surface area contributed by atoms with Crippen molar-refractivity contribution in [3.05, 3.63) is 23.8 Å². The molecule has 2 aliphatic heterocycles. The lowest BCUT2D eigenvalue weighted by molar-refractivity contribution is -0.255. The molecule has 26 heavy (non-hydrogen) atoms. The van der Waals surface area contributed by atoms with Crippen LogP contribution in [0.4, 0.5) is 0 Å². The molecule has 1 aromatic rings. The number of hydrogen-bond donors (Lipinski definition) is 1. The smallest absolute Gasteiger partial charge is 0.293 e. The Labute approximate surface area is 150 Å². The molecule has 1 fully saturated rings. The number of amidine groups is 1. The first-order valence-corrected chi connectivity index (χ1v) is 8.42. The molecule has 2 heterocycles. The first-order valence-electron chi connectivity index (χ1n) is 8.42.